The van der Waals surface area contributed by atoms with Gasteiger partial charge in [-0.05, 0) is 37.5 Å². The van der Waals surface area contributed by atoms with Gasteiger partial charge in [-0.25, -0.2) is 0 Å². The summed E-state index contributed by atoms with van der Waals surface area (Å²) < 4.78 is 0. The Labute approximate surface area is 96.3 Å². The number of fused-ring (bicyclic) bond motifs is 2. The highest BCUT2D eigenvalue weighted by molar-refractivity contribution is 8.14. The molecule has 15 heavy (non-hydrogen) atoms. The molecule has 0 spiro atoms. The normalized spacial score (nSPS) is 43.4. The third-order valence-corrected chi connectivity index (χ3v) is 5.51. The van der Waals surface area contributed by atoms with Gasteiger partial charge in [0.05, 0.1) is 6.54 Å². The fourth-order valence-corrected chi connectivity index (χ4v) is 4.29. The summed E-state index contributed by atoms with van der Waals surface area (Å²) >= 11 is 1.96. The van der Waals surface area contributed by atoms with Crippen LogP contribution in [0.1, 0.15) is 39.0 Å². The summed E-state index contributed by atoms with van der Waals surface area (Å²) in [6.45, 7) is 3.29. The lowest BCUT2D eigenvalue weighted by atomic mass is 9.96. The summed E-state index contributed by atoms with van der Waals surface area (Å²) in [6, 6.07) is 0.755. The minimum Gasteiger partial charge on any atom is -0.362 e. The zero-order valence-corrected chi connectivity index (χ0v) is 10.2. The van der Waals surface area contributed by atoms with Crippen molar-refractivity contribution in [1.29, 1.82) is 0 Å². The highest BCUT2D eigenvalue weighted by atomic mass is 32.2. The largest absolute Gasteiger partial charge is 0.362 e. The fraction of sp³-hybridized carbons (Fsp3) is 0.917. The van der Waals surface area contributed by atoms with E-state index in [4.69, 9.17) is 0 Å². The fourth-order valence-electron chi connectivity index (χ4n) is 3.29. The number of nitrogens with one attached hydrogen (secondary N) is 1. The molecule has 2 bridgehead atoms. The predicted octanol–water partition coefficient (Wildman–Crippen LogP) is 2.65. The smallest absolute Gasteiger partial charge is 0.157 e. The third kappa shape index (κ3) is 1.91. The van der Waals surface area contributed by atoms with E-state index in [2.05, 4.69) is 17.2 Å². The van der Waals surface area contributed by atoms with Crippen molar-refractivity contribution in [3.8, 4) is 0 Å². The number of hydrogen-bond donors (Lipinski definition) is 1. The summed E-state index contributed by atoms with van der Waals surface area (Å²) in [6.07, 6.45) is 7.07. The summed E-state index contributed by atoms with van der Waals surface area (Å²) in [4.78, 5) is 4.60. The van der Waals surface area contributed by atoms with Gasteiger partial charge in [0, 0.05) is 11.3 Å². The van der Waals surface area contributed by atoms with E-state index >= 15 is 0 Å². The van der Waals surface area contributed by atoms with Crippen molar-refractivity contribution in [1.82, 2.24) is 5.32 Å². The molecule has 0 amide bonds. The molecular formula is C12H20N2S. The highest BCUT2D eigenvalue weighted by Gasteiger charge is 2.40. The highest BCUT2D eigenvalue weighted by Crippen LogP contribution is 2.44. The van der Waals surface area contributed by atoms with E-state index in [0.717, 1.165) is 29.7 Å². The van der Waals surface area contributed by atoms with E-state index in [1.807, 2.05) is 11.8 Å². The lowest BCUT2D eigenvalue weighted by molar-refractivity contribution is 0.392. The van der Waals surface area contributed by atoms with Crippen molar-refractivity contribution in [3.63, 3.8) is 0 Å². The Hall–Kier alpha value is -0.180. The Kier molecular flexibility index (Phi) is 2.67. The second-order valence-electron chi connectivity index (χ2n) is 5.22. The molecule has 0 radical (unpaired) electrons. The van der Waals surface area contributed by atoms with Crippen LogP contribution in [0.2, 0.25) is 0 Å². The molecule has 3 rings (SSSR count). The van der Waals surface area contributed by atoms with Crippen molar-refractivity contribution in [2.75, 3.05) is 6.54 Å². The maximum absolute atomic E-state index is 4.60. The minimum absolute atomic E-state index is 0.742. The van der Waals surface area contributed by atoms with Crippen molar-refractivity contribution in [2.24, 2.45) is 16.8 Å². The molecule has 3 heteroatoms. The van der Waals surface area contributed by atoms with Crippen LogP contribution in [-0.4, -0.2) is 23.0 Å². The zero-order valence-electron chi connectivity index (χ0n) is 9.41. The molecule has 4 unspecified atom stereocenters. The van der Waals surface area contributed by atoms with E-state index in [0.29, 0.717) is 0 Å². The number of amidine groups is 1. The molecule has 1 N–H and O–H groups in total. The van der Waals surface area contributed by atoms with Crippen LogP contribution in [0.4, 0.5) is 0 Å². The molecule has 0 aromatic rings. The molecule has 3 aliphatic rings. The van der Waals surface area contributed by atoms with Gasteiger partial charge in [0.1, 0.15) is 0 Å². The van der Waals surface area contributed by atoms with Gasteiger partial charge in [0.25, 0.3) is 0 Å². The van der Waals surface area contributed by atoms with Crippen LogP contribution in [0.5, 0.6) is 0 Å². The van der Waals surface area contributed by atoms with Crippen LogP contribution in [-0.2, 0) is 0 Å². The second-order valence-corrected chi connectivity index (χ2v) is 6.51. The molecule has 2 aliphatic carbocycles. The Morgan fingerprint density at radius 2 is 2.33 bits per heavy atom. The van der Waals surface area contributed by atoms with Gasteiger partial charge in [-0.3, -0.25) is 4.99 Å². The van der Waals surface area contributed by atoms with Crippen LogP contribution < -0.4 is 5.32 Å². The molecule has 1 aliphatic heterocycles. The van der Waals surface area contributed by atoms with Gasteiger partial charge in [-0.2, -0.15) is 0 Å². The Morgan fingerprint density at radius 1 is 1.40 bits per heavy atom. The maximum Gasteiger partial charge on any atom is 0.157 e. The van der Waals surface area contributed by atoms with Gasteiger partial charge in [0.2, 0.25) is 0 Å². The standard InChI is InChI=1S/C12H20N2S/c1-2-10-7-13-12(15-10)14-11-6-8-3-4-9(11)5-8/h8-11H,2-7H2,1H3,(H,13,14). The summed E-state index contributed by atoms with van der Waals surface area (Å²) in [7, 11) is 0. The maximum atomic E-state index is 4.60. The van der Waals surface area contributed by atoms with Gasteiger partial charge < -0.3 is 5.32 Å². The summed E-state index contributed by atoms with van der Waals surface area (Å²) in [5.41, 5.74) is 0. The average Bonchev–Trinajstić information content (AvgIpc) is 2.92. The van der Waals surface area contributed by atoms with E-state index in [1.165, 1.54) is 37.3 Å². The van der Waals surface area contributed by atoms with Crippen LogP contribution in [0.3, 0.4) is 0 Å². The predicted molar refractivity (Wildman–Crippen MR) is 66.3 cm³/mol. The third-order valence-electron chi connectivity index (χ3n) is 4.22. The first-order valence-corrected chi connectivity index (χ1v) is 7.20. The van der Waals surface area contributed by atoms with E-state index in [-0.39, 0.29) is 0 Å². The van der Waals surface area contributed by atoms with Crippen molar-refractivity contribution >= 4 is 16.9 Å². The van der Waals surface area contributed by atoms with Gasteiger partial charge >= 0.3 is 0 Å². The first-order valence-electron chi connectivity index (χ1n) is 6.32. The van der Waals surface area contributed by atoms with Crippen LogP contribution in [0.25, 0.3) is 0 Å². The monoisotopic (exact) mass is 224 g/mol. The summed E-state index contributed by atoms with van der Waals surface area (Å²) in [5, 5.41) is 5.66. The number of nitrogens with zero attached hydrogens (tertiary/aromatic N) is 1. The number of hydrogen-bond acceptors (Lipinski definition) is 3. The van der Waals surface area contributed by atoms with E-state index in [9.17, 15) is 0 Å². The van der Waals surface area contributed by atoms with Crippen LogP contribution >= 0.6 is 11.8 Å². The van der Waals surface area contributed by atoms with Crippen molar-refractivity contribution in [3.05, 3.63) is 0 Å². The van der Waals surface area contributed by atoms with E-state index in [1.54, 1.807) is 0 Å². The van der Waals surface area contributed by atoms with Crippen LogP contribution in [0, 0.1) is 11.8 Å². The molecule has 0 saturated heterocycles. The molecule has 2 nitrogen and oxygen atoms in total. The van der Waals surface area contributed by atoms with Crippen molar-refractivity contribution in [2.45, 2.75) is 50.3 Å². The zero-order chi connectivity index (χ0) is 10.3. The Balaban J connectivity index is 1.54. The number of thioether (sulfide) groups is 1. The van der Waals surface area contributed by atoms with Crippen LogP contribution in [0.15, 0.2) is 4.99 Å². The first kappa shape index (κ1) is 10.0. The molecule has 4 atom stereocenters. The Morgan fingerprint density at radius 3 is 2.93 bits per heavy atom. The van der Waals surface area contributed by atoms with Gasteiger partial charge in [-0.15, -0.1) is 0 Å². The second kappa shape index (κ2) is 4.00. The molecule has 0 aromatic carbocycles. The molecule has 1 heterocycles. The Bertz CT molecular complexity index is 277. The van der Waals surface area contributed by atoms with Gasteiger partial charge in [0.15, 0.2) is 5.17 Å². The minimum atomic E-state index is 0.742. The lowest BCUT2D eigenvalue weighted by Crippen LogP contribution is -2.36. The average molecular weight is 224 g/mol. The molecular weight excluding hydrogens is 204 g/mol. The number of aliphatic imine (C=N–C) groups is 1. The van der Waals surface area contributed by atoms with Crippen molar-refractivity contribution < 1.29 is 0 Å². The van der Waals surface area contributed by atoms with Gasteiger partial charge in [-0.1, -0.05) is 25.1 Å². The molecule has 84 valence electrons. The molecule has 2 fully saturated rings. The quantitative estimate of drug-likeness (QED) is 0.780. The number of rotatable bonds is 2. The summed E-state index contributed by atoms with van der Waals surface area (Å²) in [5.74, 6) is 1.99. The molecule has 2 saturated carbocycles. The topological polar surface area (TPSA) is 24.4 Å². The van der Waals surface area contributed by atoms with E-state index < -0.39 is 0 Å². The first-order chi connectivity index (χ1) is 7.35. The SMILES string of the molecule is CCC1CN=C(NC2CC3CCC2C3)S1. The molecule has 0 aromatic heterocycles. The lowest BCUT2D eigenvalue weighted by Gasteiger charge is -2.23.